The maximum absolute atomic E-state index is 14.3. The predicted octanol–water partition coefficient (Wildman–Crippen LogP) is 6.28. The number of carbonyl (C=O) groups excluding carboxylic acids is 1. The highest BCUT2D eigenvalue weighted by Gasteiger charge is 2.43. The summed E-state index contributed by atoms with van der Waals surface area (Å²) in [5.74, 6) is -0.652. The minimum absolute atomic E-state index is 0.0765. The highest BCUT2D eigenvalue weighted by Crippen LogP contribution is 2.38. The third kappa shape index (κ3) is 6.03. The predicted molar refractivity (Wildman–Crippen MR) is 137 cm³/mol. The first-order valence-electron chi connectivity index (χ1n) is 11.6. The number of halogens is 4. The number of carbonyl (C=O) groups is 1. The van der Waals surface area contributed by atoms with E-state index in [2.05, 4.69) is 5.32 Å². The van der Waals surface area contributed by atoms with Crippen LogP contribution in [0.3, 0.4) is 0 Å². The molecule has 0 bridgehead atoms. The maximum atomic E-state index is 14.3. The van der Waals surface area contributed by atoms with Gasteiger partial charge < -0.3 is 19.7 Å². The first-order valence-corrected chi connectivity index (χ1v) is 12.0. The molecule has 0 saturated heterocycles. The zero-order valence-corrected chi connectivity index (χ0v) is 21.0. The number of ether oxygens (including phenoxy) is 1. The molecule has 0 aliphatic carbocycles. The van der Waals surface area contributed by atoms with Crippen LogP contribution in [0.1, 0.15) is 34.7 Å². The minimum atomic E-state index is -4.77. The van der Waals surface area contributed by atoms with Crippen LogP contribution in [-0.4, -0.2) is 28.9 Å². The number of aromatic nitrogens is 1. The lowest BCUT2D eigenvalue weighted by molar-refractivity contribution is -0.163. The molecule has 6 nitrogen and oxygen atoms in total. The normalized spacial score (nSPS) is 12.2. The van der Waals surface area contributed by atoms with Crippen molar-refractivity contribution < 1.29 is 27.8 Å². The van der Waals surface area contributed by atoms with E-state index in [-0.39, 0.29) is 41.8 Å². The Hall–Kier alpha value is -4.16. The van der Waals surface area contributed by atoms with Crippen molar-refractivity contribution in [3.05, 3.63) is 94.1 Å². The van der Waals surface area contributed by atoms with Gasteiger partial charge in [-0.1, -0.05) is 35.9 Å². The average molecular weight is 542 g/mol. The number of hydrogen-bond donors (Lipinski definition) is 2. The van der Waals surface area contributed by atoms with Gasteiger partial charge in [-0.25, -0.2) is 0 Å². The van der Waals surface area contributed by atoms with Crippen molar-refractivity contribution in [2.45, 2.75) is 31.6 Å². The zero-order valence-electron chi connectivity index (χ0n) is 20.2. The number of benzene rings is 3. The molecule has 0 saturated carbocycles. The SMILES string of the molecule is COc1cc(CCC(=O)NC(c2cn(Cc3ccc(Cl)cc3)c3cc(C#N)ccc23)C(F)(F)F)ccc1O. The van der Waals surface area contributed by atoms with Gasteiger partial charge in [-0.15, -0.1) is 0 Å². The van der Waals surface area contributed by atoms with E-state index in [0.29, 0.717) is 21.7 Å². The molecule has 0 spiro atoms. The fourth-order valence-electron chi connectivity index (χ4n) is 4.24. The second-order valence-electron chi connectivity index (χ2n) is 8.73. The van der Waals surface area contributed by atoms with Gasteiger partial charge in [0.2, 0.25) is 5.91 Å². The Kier molecular flexibility index (Phi) is 7.83. The number of nitrogens with one attached hydrogen (secondary N) is 1. The van der Waals surface area contributed by atoms with Gasteiger partial charge in [0.05, 0.1) is 18.7 Å². The Bertz CT molecular complexity index is 1510. The van der Waals surface area contributed by atoms with E-state index in [9.17, 15) is 28.3 Å². The van der Waals surface area contributed by atoms with Crippen LogP contribution >= 0.6 is 11.6 Å². The molecule has 1 amide bonds. The molecule has 3 aromatic carbocycles. The number of aryl methyl sites for hydroxylation is 1. The van der Waals surface area contributed by atoms with Gasteiger partial charge in [-0.3, -0.25) is 4.79 Å². The fraction of sp³-hybridized carbons (Fsp3) is 0.214. The number of rotatable bonds is 8. The van der Waals surface area contributed by atoms with Crippen LogP contribution in [0.15, 0.2) is 66.9 Å². The Morgan fingerprint density at radius 3 is 2.50 bits per heavy atom. The van der Waals surface area contributed by atoms with Crippen LogP contribution in [0.4, 0.5) is 13.2 Å². The second kappa shape index (κ2) is 11.1. The van der Waals surface area contributed by atoms with Crippen molar-refractivity contribution >= 4 is 28.4 Å². The summed E-state index contributed by atoms with van der Waals surface area (Å²) in [5, 5.41) is 22.0. The molecule has 0 aliphatic rings. The molecule has 4 aromatic rings. The molecule has 10 heteroatoms. The van der Waals surface area contributed by atoms with Crippen molar-refractivity contribution in [1.29, 1.82) is 5.26 Å². The third-order valence-corrected chi connectivity index (χ3v) is 6.39. The molecule has 1 unspecified atom stereocenters. The molecule has 196 valence electrons. The molecule has 0 radical (unpaired) electrons. The molecular formula is C28H23ClF3N3O3. The Morgan fingerprint density at radius 1 is 1.13 bits per heavy atom. The molecular weight excluding hydrogens is 519 g/mol. The number of nitrogens with zero attached hydrogens (tertiary/aromatic N) is 2. The smallest absolute Gasteiger partial charge is 0.412 e. The Balaban J connectivity index is 1.64. The van der Waals surface area contributed by atoms with Crippen LogP contribution < -0.4 is 10.1 Å². The molecule has 0 fully saturated rings. The van der Waals surface area contributed by atoms with E-state index in [1.54, 1.807) is 34.9 Å². The molecule has 2 N–H and O–H groups in total. The average Bonchev–Trinajstić information content (AvgIpc) is 3.24. The monoisotopic (exact) mass is 541 g/mol. The van der Waals surface area contributed by atoms with Crippen LogP contribution in [0, 0.1) is 11.3 Å². The Labute approximate surface area is 221 Å². The zero-order chi connectivity index (χ0) is 27.4. The summed E-state index contributed by atoms with van der Waals surface area (Å²) in [4.78, 5) is 12.7. The summed E-state index contributed by atoms with van der Waals surface area (Å²) < 4.78 is 49.5. The van der Waals surface area contributed by atoms with Gasteiger partial charge >= 0.3 is 6.18 Å². The molecule has 0 aliphatic heterocycles. The lowest BCUT2D eigenvalue weighted by Crippen LogP contribution is -2.38. The number of alkyl halides is 3. The van der Waals surface area contributed by atoms with Crippen molar-refractivity contribution in [2.75, 3.05) is 7.11 Å². The molecule has 1 atom stereocenters. The van der Waals surface area contributed by atoms with Crippen LogP contribution in [0.5, 0.6) is 11.5 Å². The van der Waals surface area contributed by atoms with Crippen molar-refractivity contribution in [1.82, 2.24) is 9.88 Å². The summed E-state index contributed by atoms with van der Waals surface area (Å²) in [6, 6.07) is 15.6. The number of phenolic OH excluding ortho intramolecular Hbond substituents is 1. The lowest BCUT2D eigenvalue weighted by Gasteiger charge is -2.21. The minimum Gasteiger partial charge on any atom is -0.504 e. The van der Waals surface area contributed by atoms with E-state index in [1.165, 1.54) is 43.6 Å². The van der Waals surface area contributed by atoms with Gasteiger partial charge in [0.25, 0.3) is 0 Å². The first-order chi connectivity index (χ1) is 18.1. The highest BCUT2D eigenvalue weighted by atomic mass is 35.5. The number of hydrogen-bond acceptors (Lipinski definition) is 4. The van der Waals surface area contributed by atoms with E-state index in [0.717, 1.165) is 5.56 Å². The Morgan fingerprint density at radius 2 is 1.84 bits per heavy atom. The molecule has 38 heavy (non-hydrogen) atoms. The summed E-state index contributed by atoms with van der Waals surface area (Å²) in [5.41, 5.74) is 2.05. The van der Waals surface area contributed by atoms with E-state index in [4.69, 9.17) is 16.3 Å². The van der Waals surface area contributed by atoms with E-state index in [1.807, 2.05) is 6.07 Å². The van der Waals surface area contributed by atoms with Gasteiger partial charge in [0.15, 0.2) is 17.5 Å². The quantitative estimate of drug-likeness (QED) is 0.275. The number of phenols is 1. The fourth-order valence-corrected chi connectivity index (χ4v) is 4.37. The maximum Gasteiger partial charge on any atom is 0.412 e. The van der Waals surface area contributed by atoms with E-state index >= 15 is 0 Å². The van der Waals surface area contributed by atoms with Crippen molar-refractivity contribution in [3.8, 4) is 17.6 Å². The summed E-state index contributed by atoms with van der Waals surface area (Å²) in [7, 11) is 1.38. The van der Waals surface area contributed by atoms with Gasteiger partial charge in [0, 0.05) is 40.7 Å². The largest absolute Gasteiger partial charge is 0.504 e. The lowest BCUT2D eigenvalue weighted by atomic mass is 10.0. The van der Waals surface area contributed by atoms with Crippen molar-refractivity contribution in [3.63, 3.8) is 0 Å². The molecule has 1 heterocycles. The number of amides is 1. The van der Waals surface area contributed by atoms with Gasteiger partial charge in [-0.05, 0) is 53.9 Å². The summed E-state index contributed by atoms with van der Waals surface area (Å²) in [6.45, 7) is 0.240. The third-order valence-electron chi connectivity index (χ3n) is 6.14. The summed E-state index contributed by atoms with van der Waals surface area (Å²) >= 11 is 5.95. The standard InChI is InChI=1S/C28H23ClF3N3O3/c1-38-25-13-17(5-10-24(25)36)6-11-26(37)34-27(28(30,31)32)22-16-35(15-18-2-7-20(29)8-3-18)23-12-19(14-33)4-9-21(22)23/h2-5,7-10,12-13,16,27,36H,6,11,15H2,1H3,(H,34,37). The van der Waals surface area contributed by atoms with E-state index < -0.39 is 18.1 Å². The van der Waals surface area contributed by atoms with Gasteiger partial charge in [0.1, 0.15) is 0 Å². The molecule has 1 aromatic heterocycles. The van der Waals surface area contributed by atoms with Crippen LogP contribution in [0.2, 0.25) is 5.02 Å². The first kappa shape index (κ1) is 26.9. The number of aromatic hydroxyl groups is 1. The highest BCUT2D eigenvalue weighted by molar-refractivity contribution is 6.30. The topological polar surface area (TPSA) is 87.3 Å². The summed E-state index contributed by atoms with van der Waals surface area (Å²) in [6.07, 6.45) is -3.46. The number of fused-ring (bicyclic) bond motifs is 1. The number of methoxy groups -OCH3 is 1. The molecule has 4 rings (SSSR count). The van der Waals surface area contributed by atoms with Crippen LogP contribution in [-0.2, 0) is 17.8 Å². The second-order valence-corrected chi connectivity index (χ2v) is 9.17. The van der Waals surface area contributed by atoms with Crippen LogP contribution in [0.25, 0.3) is 10.9 Å². The van der Waals surface area contributed by atoms with Gasteiger partial charge in [-0.2, -0.15) is 18.4 Å². The van der Waals surface area contributed by atoms with Crippen molar-refractivity contribution in [2.24, 2.45) is 0 Å². The number of nitriles is 1.